The first-order valence-corrected chi connectivity index (χ1v) is 7.61. The van der Waals surface area contributed by atoms with Crippen molar-refractivity contribution in [2.24, 2.45) is 0 Å². The van der Waals surface area contributed by atoms with Crippen LogP contribution in [-0.4, -0.2) is 31.7 Å². The van der Waals surface area contributed by atoms with Crippen molar-refractivity contribution in [2.75, 3.05) is 6.61 Å². The molecular formula is C16H13ClN4O2. The van der Waals surface area contributed by atoms with Gasteiger partial charge in [0.15, 0.2) is 6.04 Å². The highest BCUT2D eigenvalue weighted by Gasteiger charge is 2.34. The Bertz CT molecular complexity index is 899. The van der Waals surface area contributed by atoms with E-state index in [0.717, 1.165) is 11.3 Å². The monoisotopic (exact) mass is 328 g/mol. The van der Waals surface area contributed by atoms with E-state index in [1.165, 1.54) is 0 Å². The number of imidazole rings is 2. The van der Waals surface area contributed by atoms with Crippen molar-refractivity contribution in [3.8, 4) is 17.1 Å². The van der Waals surface area contributed by atoms with Gasteiger partial charge in [-0.1, -0.05) is 17.7 Å². The highest BCUT2D eigenvalue weighted by molar-refractivity contribution is 6.33. The molecule has 116 valence electrons. The second kappa shape index (κ2) is 5.24. The largest absolute Gasteiger partial charge is 0.464 e. The van der Waals surface area contributed by atoms with Gasteiger partial charge in [-0.2, -0.15) is 0 Å². The molecule has 0 spiro atoms. The summed E-state index contributed by atoms with van der Waals surface area (Å²) in [4.78, 5) is 21.2. The van der Waals surface area contributed by atoms with Crippen LogP contribution in [-0.2, 0) is 9.53 Å². The smallest absolute Gasteiger partial charge is 0.335 e. The average molecular weight is 329 g/mol. The molecule has 0 fully saturated rings. The molecule has 1 aliphatic heterocycles. The highest BCUT2D eigenvalue weighted by Crippen LogP contribution is 2.39. The van der Waals surface area contributed by atoms with Crippen LogP contribution in [0.1, 0.15) is 18.7 Å². The number of aromatic nitrogens is 4. The van der Waals surface area contributed by atoms with Crippen LogP contribution < -0.4 is 0 Å². The molecule has 0 aliphatic carbocycles. The molecule has 0 amide bonds. The zero-order chi connectivity index (χ0) is 16.0. The van der Waals surface area contributed by atoms with E-state index in [2.05, 4.69) is 9.97 Å². The Labute approximate surface area is 137 Å². The van der Waals surface area contributed by atoms with Gasteiger partial charge in [0.2, 0.25) is 0 Å². The van der Waals surface area contributed by atoms with Gasteiger partial charge in [-0.15, -0.1) is 0 Å². The summed E-state index contributed by atoms with van der Waals surface area (Å²) < 4.78 is 8.88. The number of fused-ring (bicyclic) bond motifs is 5. The molecule has 0 saturated heterocycles. The van der Waals surface area contributed by atoms with Gasteiger partial charge in [0.05, 0.1) is 35.5 Å². The molecule has 0 N–H and O–H groups in total. The average Bonchev–Trinajstić information content (AvgIpc) is 3.16. The van der Waals surface area contributed by atoms with Gasteiger partial charge in [0.25, 0.3) is 0 Å². The summed E-state index contributed by atoms with van der Waals surface area (Å²) in [6.45, 7) is 2.09. The second-order valence-corrected chi connectivity index (χ2v) is 5.54. The summed E-state index contributed by atoms with van der Waals surface area (Å²) in [5.41, 5.74) is 2.30. The minimum Gasteiger partial charge on any atom is -0.464 e. The number of ether oxygens (including phenoxy) is 1. The lowest BCUT2D eigenvalue weighted by Gasteiger charge is -2.17. The number of nitrogens with zero attached hydrogens (tertiary/aromatic N) is 4. The first-order chi connectivity index (χ1) is 11.2. The van der Waals surface area contributed by atoms with E-state index in [1.807, 2.05) is 22.8 Å². The fraction of sp³-hybridized carbons (Fsp3) is 0.188. The number of benzene rings is 1. The molecule has 1 aromatic carbocycles. The number of rotatable bonds is 2. The van der Waals surface area contributed by atoms with Gasteiger partial charge >= 0.3 is 5.97 Å². The Hall–Kier alpha value is -2.60. The summed E-state index contributed by atoms with van der Waals surface area (Å²) in [7, 11) is 0. The van der Waals surface area contributed by atoms with Gasteiger partial charge < -0.3 is 9.30 Å². The van der Waals surface area contributed by atoms with Gasteiger partial charge in [-0.05, 0) is 19.1 Å². The zero-order valence-corrected chi connectivity index (χ0v) is 13.1. The third-order valence-electron chi connectivity index (χ3n) is 3.87. The third-order valence-corrected chi connectivity index (χ3v) is 4.18. The van der Waals surface area contributed by atoms with Gasteiger partial charge in [0, 0.05) is 18.0 Å². The number of halogens is 1. The van der Waals surface area contributed by atoms with Crippen molar-refractivity contribution >= 4 is 17.6 Å². The van der Waals surface area contributed by atoms with Crippen LogP contribution >= 0.6 is 11.6 Å². The highest BCUT2D eigenvalue weighted by atomic mass is 35.5. The Kier molecular flexibility index (Phi) is 3.20. The Balaban J connectivity index is 2.06. The van der Waals surface area contributed by atoms with Crippen molar-refractivity contribution < 1.29 is 9.53 Å². The molecule has 0 saturated carbocycles. The first-order valence-electron chi connectivity index (χ1n) is 7.23. The number of para-hydroxylation sites is 1. The molecule has 3 aromatic rings. The summed E-state index contributed by atoms with van der Waals surface area (Å²) in [6, 6.07) is 4.94. The minimum absolute atomic E-state index is 0.307. The summed E-state index contributed by atoms with van der Waals surface area (Å²) in [5.74, 6) is 0.321. The van der Waals surface area contributed by atoms with Crippen molar-refractivity contribution in [1.29, 1.82) is 0 Å². The lowest BCUT2D eigenvalue weighted by molar-refractivity contribution is -0.145. The molecule has 3 heterocycles. The number of esters is 1. The van der Waals surface area contributed by atoms with E-state index in [0.29, 0.717) is 23.1 Å². The van der Waals surface area contributed by atoms with Crippen LogP contribution in [0.3, 0.4) is 0 Å². The molecule has 6 nitrogen and oxygen atoms in total. The SMILES string of the molecule is CCOC(=O)C1c2cncn2-c2c(Cl)cccc2-c2nccn21. The molecular weight excluding hydrogens is 316 g/mol. The maximum Gasteiger partial charge on any atom is 0.335 e. The molecule has 0 radical (unpaired) electrons. The van der Waals surface area contributed by atoms with Crippen LogP contribution in [0.4, 0.5) is 0 Å². The molecule has 0 bridgehead atoms. The van der Waals surface area contributed by atoms with Crippen LogP contribution in [0.2, 0.25) is 5.02 Å². The maximum absolute atomic E-state index is 12.6. The molecule has 1 atom stereocenters. The third kappa shape index (κ3) is 1.98. The predicted octanol–water partition coefficient (Wildman–Crippen LogP) is 2.86. The lowest BCUT2D eigenvalue weighted by atomic mass is 10.1. The molecule has 1 aliphatic rings. The molecule has 7 heteroatoms. The Morgan fingerprint density at radius 3 is 3.13 bits per heavy atom. The van der Waals surface area contributed by atoms with E-state index < -0.39 is 6.04 Å². The second-order valence-electron chi connectivity index (χ2n) is 5.14. The van der Waals surface area contributed by atoms with Crippen molar-refractivity contribution in [3.05, 3.63) is 53.8 Å². The lowest BCUT2D eigenvalue weighted by Crippen LogP contribution is -2.24. The topological polar surface area (TPSA) is 61.9 Å². The fourth-order valence-electron chi connectivity index (χ4n) is 2.96. The van der Waals surface area contributed by atoms with Gasteiger partial charge in [-0.25, -0.2) is 14.8 Å². The van der Waals surface area contributed by atoms with Crippen molar-refractivity contribution in [3.63, 3.8) is 0 Å². The van der Waals surface area contributed by atoms with E-state index in [1.54, 1.807) is 36.4 Å². The quantitative estimate of drug-likeness (QED) is 0.679. The number of carbonyl (C=O) groups is 1. The van der Waals surface area contributed by atoms with Gasteiger partial charge in [-0.3, -0.25) is 4.57 Å². The Morgan fingerprint density at radius 2 is 2.30 bits per heavy atom. The maximum atomic E-state index is 12.6. The number of hydrogen-bond donors (Lipinski definition) is 0. The predicted molar refractivity (Wildman–Crippen MR) is 84.6 cm³/mol. The van der Waals surface area contributed by atoms with E-state index >= 15 is 0 Å². The van der Waals surface area contributed by atoms with E-state index in [9.17, 15) is 4.79 Å². The van der Waals surface area contributed by atoms with Crippen LogP contribution in [0.5, 0.6) is 0 Å². The summed E-state index contributed by atoms with van der Waals surface area (Å²) >= 11 is 6.42. The van der Waals surface area contributed by atoms with E-state index in [-0.39, 0.29) is 5.97 Å². The fourth-order valence-corrected chi connectivity index (χ4v) is 3.23. The van der Waals surface area contributed by atoms with E-state index in [4.69, 9.17) is 16.3 Å². The van der Waals surface area contributed by atoms with Crippen molar-refractivity contribution in [2.45, 2.75) is 13.0 Å². The normalized spacial score (nSPS) is 15.3. The first kappa shape index (κ1) is 14.0. The number of hydrogen-bond acceptors (Lipinski definition) is 4. The van der Waals surface area contributed by atoms with Crippen LogP contribution in [0, 0.1) is 0 Å². The number of carbonyl (C=O) groups excluding carboxylic acids is 1. The van der Waals surface area contributed by atoms with Crippen LogP contribution in [0.15, 0.2) is 43.1 Å². The van der Waals surface area contributed by atoms with Crippen LogP contribution in [0.25, 0.3) is 17.1 Å². The zero-order valence-electron chi connectivity index (χ0n) is 12.3. The molecule has 4 rings (SSSR count). The Morgan fingerprint density at radius 1 is 1.43 bits per heavy atom. The summed E-state index contributed by atoms with van der Waals surface area (Å²) in [6.07, 6.45) is 6.74. The molecule has 2 aromatic heterocycles. The summed E-state index contributed by atoms with van der Waals surface area (Å²) in [5, 5.41) is 0.570. The van der Waals surface area contributed by atoms with Crippen molar-refractivity contribution in [1.82, 2.24) is 19.1 Å². The standard InChI is InChI=1S/C16H13ClN4O2/c1-2-23-16(22)14-12-8-18-9-21(12)13-10(4-3-5-11(13)17)15-19-6-7-20(14)15/h3-9,14H,2H2,1H3. The molecule has 1 unspecified atom stereocenters. The van der Waals surface area contributed by atoms with Gasteiger partial charge in [0.1, 0.15) is 5.82 Å². The minimum atomic E-state index is -0.654. The molecule has 23 heavy (non-hydrogen) atoms.